The molecular weight excluding hydrogens is 424 g/mol. The zero-order valence-electron chi connectivity index (χ0n) is 17.3. The first kappa shape index (κ1) is 19.4. The van der Waals surface area contributed by atoms with Crippen LogP contribution in [0.15, 0.2) is 84.0 Å². The zero-order chi connectivity index (χ0) is 22.6. The molecule has 0 radical (unpaired) electrons. The van der Waals surface area contributed by atoms with Gasteiger partial charge in [0, 0.05) is 16.7 Å². The van der Waals surface area contributed by atoms with Crippen LogP contribution in [0, 0.1) is 11.6 Å². The highest BCUT2D eigenvalue weighted by molar-refractivity contribution is 5.78. The van der Waals surface area contributed by atoms with Crippen LogP contribution in [0.1, 0.15) is 11.1 Å². The molecule has 0 unspecified atom stereocenters. The topological polar surface area (TPSA) is 69.7 Å². The Kier molecular flexibility index (Phi) is 4.20. The average Bonchev–Trinajstić information content (AvgIpc) is 3.21. The molecule has 1 aromatic heterocycles. The molecule has 0 amide bonds. The van der Waals surface area contributed by atoms with Crippen LogP contribution in [0.25, 0.3) is 22.4 Å². The molecule has 2 aliphatic heterocycles. The number of nitrogens with two attached hydrogens (primary N) is 1. The number of halogens is 2. The first-order valence-corrected chi connectivity index (χ1v) is 10.3. The van der Waals surface area contributed by atoms with E-state index in [9.17, 15) is 8.78 Å². The van der Waals surface area contributed by atoms with Gasteiger partial charge in [0.1, 0.15) is 24.0 Å². The van der Waals surface area contributed by atoms with E-state index in [0.717, 1.165) is 16.7 Å². The quantitative estimate of drug-likeness (QED) is 0.453. The van der Waals surface area contributed by atoms with Gasteiger partial charge in [-0.05, 0) is 53.6 Å². The fourth-order valence-corrected chi connectivity index (χ4v) is 4.41. The molecule has 33 heavy (non-hydrogen) atoms. The summed E-state index contributed by atoms with van der Waals surface area (Å²) >= 11 is 0. The van der Waals surface area contributed by atoms with Gasteiger partial charge in [-0.15, -0.1) is 0 Å². The van der Waals surface area contributed by atoms with E-state index in [0.29, 0.717) is 28.3 Å². The lowest BCUT2D eigenvalue weighted by Crippen LogP contribution is -2.31. The molecule has 0 fully saturated rings. The molecule has 2 N–H and O–H groups in total. The van der Waals surface area contributed by atoms with E-state index in [-0.39, 0.29) is 24.3 Å². The van der Waals surface area contributed by atoms with Crippen molar-refractivity contribution < 1.29 is 18.3 Å². The molecule has 1 spiro atoms. The number of amidine groups is 1. The molecule has 0 saturated carbocycles. The van der Waals surface area contributed by atoms with Gasteiger partial charge in [-0.2, -0.15) is 0 Å². The summed E-state index contributed by atoms with van der Waals surface area (Å²) in [7, 11) is 0. The number of fused-ring (bicyclic) bond motifs is 4. The number of nitrogens with zero attached hydrogens (tertiary/aromatic N) is 2. The molecule has 1 atom stereocenters. The first-order chi connectivity index (χ1) is 16.0. The molecule has 3 heterocycles. The summed E-state index contributed by atoms with van der Waals surface area (Å²) in [6, 6.07) is 20.1. The maximum Gasteiger partial charge on any atom is 0.283 e. The van der Waals surface area contributed by atoms with E-state index < -0.39 is 5.54 Å². The van der Waals surface area contributed by atoms with Crippen LogP contribution in [0.2, 0.25) is 0 Å². The normalized spacial score (nSPS) is 18.2. The van der Waals surface area contributed by atoms with Crippen molar-refractivity contribution in [3.05, 3.63) is 102 Å². The summed E-state index contributed by atoms with van der Waals surface area (Å²) in [4.78, 5) is 9.15. The zero-order valence-corrected chi connectivity index (χ0v) is 17.3. The van der Waals surface area contributed by atoms with Gasteiger partial charge in [0.2, 0.25) is 0 Å². The van der Waals surface area contributed by atoms with Crippen LogP contribution < -0.4 is 10.5 Å². The van der Waals surface area contributed by atoms with Crippen LogP contribution >= 0.6 is 0 Å². The highest BCUT2D eigenvalue weighted by atomic mass is 19.1. The first-order valence-electron chi connectivity index (χ1n) is 10.3. The lowest BCUT2D eigenvalue weighted by Gasteiger charge is -2.33. The smallest absolute Gasteiger partial charge is 0.283 e. The predicted octanol–water partition coefficient (Wildman–Crippen LogP) is 5.39. The van der Waals surface area contributed by atoms with Crippen molar-refractivity contribution in [1.29, 1.82) is 0 Å². The Bertz CT molecular complexity index is 1360. The fraction of sp³-hybridized carbons (Fsp3) is 0.0769. The molecule has 0 bridgehead atoms. The van der Waals surface area contributed by atoms with Gasteiger partial charge in [-0.25, -0.2) is 13.8 Å². The van der Waals surface area contributed by atoms with E-state index in [1.165, 1.54) is 24.3 Å². The summed E-state index contributed by atoms with van der Waals surface area (Å²) in [5, 5.41) is 0. The summed E-state index contributed by atoms with van der Waals surface area (Å²) < 4.78 is 39.5. The second-order valence-corrected chi connectivity index (χ2v) is 8.00. The van der Waals surface area contributed by atoms with E-state index in [1.54, 1.807) is 24.4 Å². The fourth-order valence-electron chi connectivity index (χ4n) is 4.41. The number of ether oxygens (including phenoxy) is 2. The number of aliphatic imine (C=N–C) groups is 1. The SMILES string of the molecule is NC1=N[C@@]2(CO1)c1cc(-c3cccc(F)c3)ccc1Oc1cnc(-c3cccc(F)c3)cc12. The standard InChI is InChI=1S/C26H17F2N3O2/c27-18-5-1-3-15(9-18)16-7-8-23-20(11-16)26(14-32-25(29)31-26)21-12-22(30-13-24(21)33-23)17-4-2-6-19(28)10-17/h1-13H,14H2,(H2,29,31)/t26-/m0/s1. The van der Waals surface area contributed by atoms with Gasteiger partial charge in [0.25, 0.3) is 6.02 Å². The summed E-state index contributed by atoms with van der Waals surface area (Å²) in [5.41, 5.74) is 9.18. The van der Waals surface area contributed by atoms with Gasteiger partial charge < -0.3 is 15.2 Å². The number of benzene rings is 3. The van der Waals surface area contributed by atoms with Gasteiger partial charge >= 0.3 is 0 Å². The molecule has 0 saturated heterocycles. The summed E-state index contributed by atoms with van der Waals surface area (Å²) in [6.45, 7) is 0.168. The molecule has 3 aromatic carbocycles. The third-order valence-electron chi connectivity index (χ3n) is 5.97. The van der Waals surface area contributed by atoms with Crippen molar-refractivity contribution >= 4 is 6.02 Å². The number of hydrogen-bond acceptors (Lipinski definition) is 5. The Balaban J connectivity index is 1.55. The highest BCUT2D eigenvalue weighted by Crippen LogP contribution is 2.52. The van der Waals surface area contributed by atoms with Crippen molar-refractivity contribution in [3.63, 3.8) is 0 Å². The van der Waals surface area contributed by atoms with Crippen LogP contribution in [-0.2, 0) is 10.3 Å². The molecule has 5 nitrogen and oxygen atoms in total. The second kappa shape index (κ2) is 7.13. The molecule has 7 heteroatoms. The number of rotatable bonds is 2. The Morgan fingerprint density at radius 2 is 1.48 bits per heavy atom. The average molecular weight is 441 g/mol. The lowest BCUT2D eigenvalue weighted by atomic mass is 9.80. The van der Waals surface area contributed by atoms with Crippen molar-refractivity contribution in [1.82, 2.24) is 4.98 Å². The van der Waals surface area contributed by atoms with Crippen LogP contribution in [-0.4, -0.2) is 17.6 Å². The summed E-state index contributed by atoms with van der Waals surface area (Å²) in [6.07, 6.45) is 1.60. The minimum absolute atomic E-state index is 0.0640. The molecule has 0 aliphatic carbocycles. The Morgan fingerprint density at radius 3 is 2.21 bits per heavy atom. The van der Waals surface area contributed by atoms with E-state index in [1.807, 2.05) is 30.3 Å². The summed E-state index contributed by atoms with van der Waals surface area (Å²) in [5.74, 6) is 0.432. The van der Waals surface area contributed by atoms with Crippen LogP contribution in [0.3, 0.4) is 0 Å². The number of aromatic nitrogens is 1. The third kappa shape index (κ3) is 3.12. The van der Waals surface area contributed by atoms with Crippen molar-refractivity contribution in [2.24, 2.45) is 10.7 Å². The van der Waals surface area contributed by atoms with Gasteiger partial charge in [-0.1, -0.05) is 30.3 Å². The minimum atomic E-state index is -0.971. The van der Waals surface area contributed by atoms with Gasteiger partial charge in [0.05, 0.1) is 11.9 Å². The van der Waals surface area contributed by atoms with Gasteiger partial charge in [0.15, 0.2) is 11.3 Å². The number of hydrogen-bond donors (Lipinski definition) is 1. The van der Waals surface area contributed by atoms with Crippen LogP contribution in [0.5, 0.6) is 11.5 Å². The molecule has 6 rings (SSSR count). The molecular formula is C26H17F2N3O2. The molecule has 2 aliphatic rings. The van der Waals surface area contributed by atoms with Crippen molar-refractivity contribution in [3.8, 4) is 33.9 Å². The monoisotopic (exact) mass is 441 g/mol. The van der Waals surface area contributed by atoms with Crippen LogP contribution in [0.4, 0.5) is 8.78 Å². The lowest BCUT2D eigenvalue weighted by molar-refractivity contribution is 0.264. The Hall–Kier alpha value is -4.26. The minimum Gasteiger partial charge on any atom is -0.462 e. The Morgan fingerprint density at radius 1 is 0.788 bits per heavy atom. The maximum absolute atomic E-state index is 13.9. The van der Waals surface area contributed by atoms with Crippen molar-refractivity contribution in [2.45, 2.75) is 5.54 Å². The third-order valence-corrected chi connectivity index (χ3v) is 5.97. The Labute approximate surface area is 188 Å². The van der Waals surface area contributed by atoms with Crippen molar-refractivity contribution in [2.75, 3.05) is 6.61 Å². The molecule has 4 aromatic rings. The van der Waals surface area contributed by atoms with E-state index in [4.69, 9.17) is 15.2 Å². The van der Waals surface area contributed by atoms with E-state index >= 15 is 0 Å². The predicted molar refractivity (Wildman–Crippen MR) is 120 cm³/mol. The van der Waals surface area contributed by atoms with E-state index in [2.05, 4.69) is 9.98 Å². The maximum atomic E-state index is 13.9. The number of pyridine rings is 1. The molecule has 162 valence electrons. The largest absolute Gasteiger partial charge is 0.462 e. The highest BCUT2D eigenvalue weighted by Gasteiger charge is 2.47. The van der Waals surface area contributed by atoms with Gasteiger partial charge in [-0.3, -0.25) is 4.98 Å². The second-order valence-electron chi connectivity index (χ2n) is 8.00.